The topological polar surface area (TPSA) is 108 Å². The predicted molar refractivity (Wildman–Crippen MR) is 132 cm³/mol. The summed E-state index contributed by atoms with van der Waals surface area (Å²) in [7, 11) is 0. The van der Waals surface area contributed by atoms with E-state index in [1.54, 1.807) is 17.5 Å². The highest BCUT2D eigenvalue weighted by Gasteiger charge is 2.17. The fourth-order valence-electron chi connectivity index (χ4n) is 3.93. The van der Waals surface area contributed by atoms with Crippen LogP contribution in [0.15, 0.2) is 59.9 Å². The third-order valence-electron chi connectivity index (χ3n) is 5.39. The molecule has 33 heavy (non-hydrogen) atoms. The number of hydrogen-bond acceptors (Lipinski definition) is 7. The molecule has 0 atom stereocenters. The molecule has 9 heteroatoms. The van der Waals surface area contributed by atoms with E-state index in [1.807, 2.05) is 24.8 Å². The molecule has 0 radical (unpaired) electrons. The monoisotopic (exact) mass is 452 g/mol. The Morgan fingerprint density at radius 3 is 2.70 bits per heavy atom. The molecule has 0 aliphatic carbocycles. The second-order valence-electron chi connectivity index (χ2n) is 8.13. The van der Waals surface area contributed by atoms with Gasteiger partial charge in [0.25, 0.3) is 0 Å². The Morgan fingerprint density at radius 2 is 1.85 bits per heavy atom. The Labute approximate surface area is 193 Å². The lowest BCUT2D eigenvalue weighted by Gasteiger charge is -2.10. The van der Waals surface area contributed by atoms with Crippen LogP contribution in [0, 0.1) is 0 Å². The van der Waals surface area contributed by atoms with Crippen molar-refractivity contribution >= 4 is 39.1 Å². The van der Waals surface area contributed by atoms with E-state index in [1.165, 1.54) is 0 Å². The van der Waals surface area contributed by atoms with Gasteiger partial charge in [-0.3, -0.25) is 15.1 Å². The van der Waals surface area contributed by atoms with Gasteiger partial charge < -0.3 is 10.3 Å². The number of aromatic amines is 2. The van der Waals surface area contributed by atoms with Crippen LogP contribution in [0.3, 0.4) is 0 Å². The molecule has 0 saturated carbocycles. The van der Waals surface area contributed by atoms with E-state index in [2.05, 4.69) is 78.3 Å². The lowest BCUT2D eigenvalue weighted by molar-refractivity contribution is 0.898. The van der Waals surface area contributed by atoms with Gasteiger partial charge in [0.2, 0.25) is 0 Å². The quantitative estimate of drug-likeness (QED) is 0.318. The molecule has 0 amide bonds. The molecule has 6 aromatic heterocycles. The number of rotatable bonds is 5. The van der Waals surface area contributed by atoms with Gasteiger partial charge in [-0.2, -0.15) is 16.4 Å². The predicted octanol–water partition coefficient (Wildman–Crippen LogP) is 5.51. The number of H-pyrrole nitrogens is 2. The van der Waals surface area contributed by atoms with Crippen molar-refractivity contribution in [1.82, 2.24) is 35.1 Å². The number of imidazole rings is 1. The van der Waals surface area contributed by atoms with Crippen LogP contribution in [-0.4, -0.2) is 41.2 Å². The SMILES string of the molecule is CC(C)Nc1cncc(-c2cnc3[nH]nc(-c4nc5c(-c6ccsc6)cncc5[nH]4)c3c2)c1. The van der Waals surface area contributed by atoms with Crippen molar-refractivity contribution < 1.29 is 0 Å². The van der Waals surface area contributed by atoms with E-state index < -0.39 is 0 Å². The van der Waals surface area contributed by atoms with Crippen molar-refractivity contribution in [1.29, 1.82) is 0 Å². The van der Waals surface area contributed by atoms with Crippen LogP contribution in [0.25, 0.3) is 55.8 Å². The standard InChI is InChI=1S/C24H20N8S/c1-13(2)28-17-5-15(7-25-9-17)16-6-18-22(31-32-23(18)27-8-16)24-29-20-11-26-10-19(21(20)30-24)14-3-4-33-12-14/h3-13,28H,1-2H3,(H,29,30)(H,27,31,32). The minimum Gasteiger partial charge on any atom is -0.382 e. The van der Waals surface area contributed by atoms with E-state index in [-0.39, 0.29) is 0 Å². The minimum absolute atomic E-state index is 0.324. The van der Waals surface area contributed by atoms with E-state index in [0.29, 0.717) is 17.5 Å². The molecule has 0 saturated heterocycles. The molecule has 0 aliphatic heterocycles. The first-order valence-electron chi connectivity index (χ1n) is 10.6. The van der Waals surface area contributed by atoms with Crippen molar-refractivity contribution in [2.45, 2.75) is 19.9 Å². The third kappa shape index (κ3) is 3.52. The van der Waals surface area contributed by atoms with Crippen LogP contribution in [0.5, 0.6) is 0 Å². The Balaban J connectivity index is 1.45. The van der Waals surface area contributed by atoms with Crippen LogP contribution in [-0.2, 0) is 0 Å². The molecule has 0 spiro atoms. The van der Waals surface area contributed by atoms with Crippen LogP contribution in [0.1, 0.15) is 13.8 Å². The van der Waals surface area contributed by atoms with Crippen molar-refractivity contribution in [3.05, 3.63) is 59.9 Å². The molecule has 8 nitrogen and oxygen atoms in total. The summed E-state index contributed by atoms with van der Waals surface area (Å²) in [5.41, 5.74) is 8.18. The maximum absolute atomic E-state index is 4.89. The lowest BCUT2D eigenvalue weighted by atomic mass is 10.1. The van der Waals surface area contributed by atoms with E-state index in [0.717, 1.165) is 50.1 Å². The van der Waals surface area contributed by atoms with Gasteiger partial charge in [-0.1, -0.05) is 0 Å². The average Bonchev–Trinajstić information content (AvgIpc) is 3.57. The highest BCUT2D eigenvalue weighted by atomic mass is 32.1. The average molecular weight is 453 g/mol. The summed E-state index contributed by atoms with van der Waals surface area (Å²) < 4.78 is 0. The number of fused-ring (bicyclic) bond motifs is 2. The Morgan fingerprint density at radius 1 is 0.970 bits per heavy atom. The van der Waals surface area contributed by atoms with Crippen molar-refractivity contribution in [3.63, 3.8) is 0 Å². The molecular formula is C24H20N8S. The minimum atomic E-state index is 0.324. The highest BCUT2D eigenvalue weighted by molar-refractivity contribution is 7.08. The van der Waals surface area contributed by atoms with Crippen molar-refractivity contribution in [2.24, 2.45) is 0 Å². The number of pyridine rings is 3. The third-order valence-corrected chi connectivity index (χ3v) is 6.08. The smallest absolute Gasteiger partial charge is 0.159 e. The first-order chi connectivity index (χ1) is 16.2. The normalized spacial score (nSPS) is 11.6. The molecular weight excluding hydrogens is 432 g/mol. The van der Waals surface area contributed by atoms with Gasteiger partial charge in [-0.25, -0.2) is 9.97 Å². The van der Waals surface area contributed by atoms with E-state index >= 15 is 0 Å². The fraction of sp³-hybridized carbons (Fsp3) is 0.125. The van der Waals surface area contributed by atoms with Gasteiger partial charge >= 0.3 is 0 Å². The van der Waals surface area contributed by atoms with E-state index in [9.17, 15) is 0 Å². The van der Waals surface area contributed by atoms with Crippen LogP contribution < -0.4 is 5.32 Å². The summed E-state index contributed by atoms with van der Waals surface area (Å²) in [6, 6.07) is 6.55. The van der Waals surface area contributed by atoms with Gasteiger partial charge in [0.05, 0.1) is 22.8 Å². The molecule has 0 aromatic carbocycles. The Bertz CT molecular complexity index is 1580. The summed E-state index contributed by atoms with van der Waals surface area (Å²) in [5, 5.41) is 16.0. The molecule has 6 rings (SSSR count). The van der Waals surface area contributed by atoms with Crippen molar-refractivity contribution in [2.75, 3.05) is 5.32 Å². The summed E-state index contributed by atoms with van der Waals surface area (Å²) in [5.74, 6) is 0.674. The molecule has 162 valence electrons. The number of nitrogens with zero attached hydrogens (tertiary/aromatic N) is 5. The summed E-state index contributed by atoms with van der Waals surface area (Å²) in [6.07, 6.45) is 9.14. The number of aromatic nitrogens is 7. The number of nitrogens with one attached hydrogen (secondary N) is 3. The second kappa shape index (κ2) is 7.79. The number of anilines is 1. The number of hydrogen-bond donors (Lipinski definition) is 3. The number of thiophene rings is 1. The van der Waals surface area contributed by atoms with Gasteiger partial charge in [0, 0.05) is 47.5 Å². The van der Waals surface area contributed by atoms with Crippen LogP contribution in [0.4, 0.5) is 5.69 Å². The van der Waals surface area contributed by atoms with Crippen molar-refractivity contribution in [3.8, 4) is 33.8 Å². The summed E-state index contributed by atoms with van der Waals surface area (Å²) in [6.45, 7) is 4.20. The maximum Gasteiger partial charge on any atom is 0.159 e. The van der Waals surface area contributed by atoms with Gasteiger partial charge in [-0.05, 0) is 48.4 Å². The maximum atomic E-state index is 4.89. The van der Waals surface area contributed by atoms with Crippen LogP contribution in [0.2, 0.25) is 0 Å². The van der Waals surface area contributed by atoms with Crippen LogP contribution >= 0.6 is 11.3 Å². The summed E-state index contributed by atoms with van der Waals surface area (Å²) >= 11 is 1.65. The first kappa shape index (κ1) is 19.6. The first-order valence-corrected chi connectivity index (χ1v) is 11.5. The zero-order valence-corrected chi connectivity index (χ0v) is 18.8. The zero-order chi connectivity index (χ0) is 22.4. The van der Waals surface area contributed by atoms with Gasteiger partial charge in [0.15, 0.2) is 11.5 Å². The van der Waals surface area contributed by atoms with Gasteiger partial charge in [-0.15, -0.1) is 0 Å². The molecule has 6 heterocycles. The fourth-order valence-corrected chi connectivity index (χ4v) is 4.58. The zero-order valence-electron chi connectivity index (χ0n) is 18.0. The molecule has 6 aromatic rings. The Hall–Kier alpha value is -4.11. The lowest BCUT2D eigenvalue weighted by Crippen LogP contribution is -2.09. The highest BCUT2D eigenvalue weighted by Crippen LogP contribution is 2.32. The summed E-state index contributed by atoms with van der Waals surface area (Å²) in [4.78, 5) is 21.6. The second-order valence-corrected chi connectivity index (χ2v) is 8.91. The molecule has 0 aliphatic rings. The molecule has 0 bridgehead atoms. The molecule has 3 N–H and O–H groups in total. The molecule has 0 fully saturated rings. The Kier molecular flexibility index (Phi) is 4.62. The molecule has 0 unspecified atom stereocenters. The van der Waals surface area contributed by atoms with E-state index in [4.69, 9.17) is 4.98 Å². The van der Waals surface area contributed by atoms with Gasteiger partial charge in [0.1, 0.15) is 11.2 Å². The largest absolute Gasteiger partial charge is 0.382 e.